The third-order valence-electron chi connectivity index (χ3n) is 2.49. The van der Waals surface area contributed by atoms with Gasteiger partial charge in [-0.3, -0.25) is 0 Å². The maximum Gasteiger partial charge on any atom is 0.415 e. The van der Waals surface area contributed by atoms with Crippen LogP contribution >= 0.6 is 0 Å². The fourth-order valence-corrected chi connectivity index (χ4v) is 2.79. The maximum atomic E-state index is 12.0. The van der Waals surface area contributed by atoms with E-state index in [1.807, 2.05) is 0 Å². The van der Waals surface area contributed by atoms with Crippen LogP contribution in [0.3, 0.4) is 0 Å². The average Bonchev–Trinajstić information content (AvgIpc) is 2.26. The normalized spacial score (nSPS) is 21.4. The Labute approximate surface area is 97.8 Å². The minimum Gasteiger partial charge on any atom is -0.382 e. The number of piperidine rings is 1. The summed E-state index contributed by atoms with van der Waals surface area (Å²) in [5, 5.41) is 8.68. The van der Waals surface area contributed by atoms with E-state index in [1.165, 1.54) is 0 Å². The fourth-order valence-electron chi connectivity index (χ4n) is 1.50. The maximum absolute atomic E-state index is 12.0. The molecule has 9 heteroatoms. The molecule has 0 amide bonds. The SMILES string of the molecule is O=S(=O)(NCC(O)C(F)(F)F)N1CCCCC1. The molecule has 0 aromatic heterocycles. The smallest absolute Gasteiger partial charge is 0.382 e. The first-order valence-electron chi connectivity index (χ1n) is 5.23. The van der Waals surface area contributed by atoms with E-state index in [0.717, 1.165) is 10.7 Å². The van der Waals surface area contributed by atoms with Crippen molar-refractivity contribution in [3.63, 3.8) is 0 Å². The van der Waals surface area contributed by atoms with Gasteiger partial charge >= 0.3 is 6.18 Å². The van der Waals surface area contributed by atoms with E-state index in [4.69, 9.17) is 5.11 Å². The van der Waals surface area contributed by atoms with Gasteiger partial charge in [0.25, 0.3) is 10.2 Å². The predicted octanol–water partition coefficient (Wildman–Crippen LogP) is 0.230. The van der Waals surface area contributed by atoms with Crippen LogP contribution in [0.2, 0.25) is 0 Å². The lowest BCUT2D eigenvalue weighted by Crippen LogP contribution is -2.48. The van der Waals surface area contributed by atoms with Crippen LogP contribution in [-0.4, -0.2) is 49.7 Å². The first kappa shape index (κ1) is 14.7. The summed E-state index contributed by atoms with van der Waals surface area (Å²) in [4.78, 5) is 0. The van der Waals surface area contributed by atoms with Crippen LogP contribution in [0.15, 0.2) is 0 Å². The molecule has 0 aromatic rings. The molecule has 0 saturated carbocycles. The van der Waals surface area contributed by atoms with Crippen molar-refractivity contribution in [3.8, 4) is 0 Å². The van der Waals surface area contributed by atoms with Gasteiger partial charge in [0, 0.05) is 19.6 Å². The van der Waals surface area contributed by atoms with Gasteiger partial charge in [0.2, 0.25) is 0 Å². The van der Waals surface area contributed by atoms with Crippen molar-refractivity contribution >= 4 is 10.2 Å². The van der Waals surface area contributed by atoms with Crippen molar-refractivity contribution in [1.82, 2.24) is 9.03 Å². The summed E-state index contributed by atoms with van der Waals surface area (Å²) in [6.07, 6.45) is -5.19. The van der Waals surface area contributed by atoms with E-state index in [2.05, 4.69) is 0 Å². The van der Waals surface area contributed by atoms with Crippen LogP contribution < -0.4 is 4.72 Å². The van der Waals surface area contributed by atoms with Crippen LogP contribution in [0.25, 0.3) is 0 Å². The number of alkyl halides is 3. The van der Waals surface area contributed by atoms with Crippen molar-refractivity contribution in [2.45, 2.75) is 31.5 Å². The largest absolute Gasteiger partial charge is 0.415 e. The molecule has 5 nitrogen and oxygen atoms in total. The highest BCUT2D eigenvalue weighted by atomic mass is 32.2. The minimum atomic E-state index is -4.82. The van der Waals surface area contributed by atoms with Crippen LogP contribution in [0, 0.1) is 0 Å². The zero-order chi connectivity index (χ0) is 13.1. The first-order valence-corrected chi connectivity index (χ1v) is 6.67. The topological polar surface area (TPSA) is 69.6 Å². The van der Waals surface area contributed by atoms with Gasteiger partial charge in [0.05, 0.1) is 0 Å². The monoisotopic (exact) mass is 276 g/mol. The fraction of sp³-hybridized carbons (Fsp3) is 1.00. The van der Waals surface area contributed by atoms with Crippen molar-refractivity contribution in [2.24, 2.45) is 0 Å². The summed E-state index contributed by atoms with van der Waals surface area (Å²) >= 11 is 0. The first-order chi connectivity index (χ1) is 7.73. The molecule has 1 rings (SSSR count). The van der Waals surface area contributed by atoms with E-state index in [9.17, 15) is 21.6 Å². The molecular weight excluding hydrogens is 261 g/mol. The molecule has 17 heavy (non-hydrogen) atoms. The molecule has 1 aliphatic rings. The Morgan fingerprint density at radius 1 is 1.24 bits per heavy atom. The summed E-state index contributed by atoms with van der Waals surface area (Å²) < 4.78 is 61.9. The number of nitrogens with one attached hydrogen (secondary N) is 1. The van der Waals surface area contributed by atoms with Gasteiger partial charge in [0.15, 0.2) is 6.10 Å². The summed E-state index contributed by atoms with van der Waals surface area (Å²) in [5.74, 6) is 0. The third kappa shape index (κ3) is 4.41. The van der Waals surface area contributed by atoms with Crippen molar-refractivity contribution < 1.29 is 26.7 Å². The van der Waals surface area contributed by atoms with Crippen LogP contribution in [0.1, 0.15) is 19.3 Å². The number of aliphatic hydroxyl groups is 1. The third-order valence-corrected chi connectivity index (χ3v) is 4.07. The minimum absolute atomic E-state index is 0.303. The highest BCUT2D eigenvalue weighted by Crippen LogP contribution is 2.19. The second-order valence-corrected chi connectivity index (χ2v) is 5.63. The zero-order valence-corrected chi connectivity index (χ0v) is 9.89. The van der Waals surface area contributed by atoms with Crippen LogP contribution in [-0.2, 0) is 10.2 Å². The molecule has 1 unspecified atom stereocenters. The number of rotatable bonds is 4. The van der Waals surface area contributed by atoms with Gasteiger partial charge in [-0.1, -0.05) is 6.42 Å². The van der Waals surface area contributed by atoms with E-state index < -0.39 is 29.0 Å². The molecule has 1 fully saturated rings. The quantitative estimate of drug-likeness (QED) is 0.772. The lowest BCUT2D eigenvalue weighted by Gasteiger charge is -2.26. The summed E-state index contributed by atoms with van der Waals surface area (Å²) in [7, 11) is -3.92. The Hall–Kier alpha value is -0.380. The van der Waals surface area contributed by atoms with E-state index in [0.29, 0.717) is 25.9 Å². The molecule has 1 saturated heterocycles. The van der Waals surface area contributed by atoms with Crippen LogP contribution in [0.5, 0.6) is 0 Å². The molecule has 0 spiro atoms. The predicted molar refractivity (Wildman–Crippen MR) is 54.4 cm³/mol. The highest BCUT2D eigenvalue weighted by molar-refractivity contribution is 7.87. The Morgan fingerprint density at radius 3 is 2.24 bits per heavy atom. The van der Waals surface area contributed by atoms with Gasteiger partial charge in [-0.15, -0.1) is 0 Å². The Balaban J connectivity index is 2.49. The molecule has 0 radical (unpaired) electrons. The molecular formula is C8H15F3N2O3S. The summed E-state index contributed by atoms with van der Waals surface area (Å²) in [6, 6.07) is 0. The number of hydrogen-bond acceptors (Lipinski definition) is 3. The second-order valence-electron chi connectivity index (χ2n) is 3.87. The Morgan fingerprint density at radius 2 is 1.76 bits per heavy atom. The number of halogens is 3. The van der Waals surface area contributed by atoms with Crippen molar-refractivity contribution in [1.29, 1.82) is 0 Å². The van der Waals surface area contributed by atoms with E-state index in [-0.39, 0.29) is 0 Å². The van der Waals surface area contributed by atoms with Gasteiger partial charge in [-0.25, -0.2) is 0 Å². The molecule has 2 N–H and O–H groups in total. The Kier molecular flexibility index (Phi) is 4.76. The molecule has 1 heterocycles. The molecule has 1 atom stereocenters. The van der Waals surface area contributed by atoms with Gasteiger partial charge in [0.1, 0.15) is 0 Å². The van der Waals surface area contributed by atoms with E-state index >= 15 is 0 Å². The summed E-state index contributed by atoms with van der Waals surface area (Å²) in [5.41, 5.74) is 0. The lowest BCUT2D eigenvalue weighted by atomic mass is 10.2. The number of hydrogen-bond donors (Lipinski definition) is 2. The lowest BCUT2D eigenvalue weighted by molar-refractivity contribution is -0.200. The molecule has 0 aromatic carbocycles. The Bertz CT molecular complexity index is 338. The van der Waals surface area contributed by atoms with Crippen molar-refractivity contribution in [2.75, 3.05) is 19.6 Å². The molecule has 102 valence electrons. The number of nitrogens with zero attached hydrogens (tertiary/aromatic N) is 1. The molecule has 1 aliphatic heterocycles. The summed E-state index contributed by atoms with van der Waals surface area (Å²) in [6.45, 7) is -0.447. The average molecular weight is 276 g/mol. The zero-order valence-electron chi connectivity index (χ0n) is 9.07. The van der Waals surface area contributed by atoms with Gasteiger partial charge in [-0.05, 0) is 12.8 Å². The van der Waals surface area contributed by atoms with Gasteiger partial charge < -0.3 is 5.11 Å². The van der Waals surface area contributed by atoms with E-state index in [1.54, 1.807) is 4.72 Å². The molecule has 0 bridgehead atoms. The molecule has 0 aliphatic carbocycles. The number of aliphatic hydroxyl groups excluding tert-OH is 1. The van der Waals surface area contributed by atoms with Crippen molar-refractivity contribution in [3.05, 3.63) is 0 Å². The standard InChI is InChI=1S/C8H15F3N2O3S/c9-8(10,11)7(14)6-12-17(15,16)13-4-2-1-3-5-13/h7,12,14H,1-6H2. The van der Waals surface area contributed by atoms with Gasteiger partial charge in [-0.2, -0.15) is 30.6 Å². The highest BCUT2D eigenvalue weighted by Gasteiger charge is 2.39. The van der Waals surface area contributed by atoms with Crippen LogP contribution in [0.4, 0.5) is 13.2 Å². The second kappa shape index (κ2) is 5.51.